The van der Waals surface area contributed by atoms with Gasteiger partial charge in [-0.05, 0) is 29.7 Å². The summed E-state index contributed by atoms with van der Waals surface area (Å²) in [7, 11) is -3.17. The number of nitrogens with one attached hydrogen (secondary N) is 3. The molecule has 0 saturated heterocycles. The number of hydrogen-bond acceptors (Lipinski definition) is 7. The molecule has 2 amide bonds. The molecule has 12 heteroatoms. The van der Waals surface area contributed by atoms with Gasteiger partial charge in [-0.1, -0.05) is 72.8 Å². The Hall–Kier alpha value is -4.26. The zero-order chi connectivity index (χ0) is 28.5. The third-order valence-corrected chi connectivity index (χ3v) is 7.38. The van der Waals surface area contributed by atoms with Gasteiger partial charge in [-0.25, -0.2) is 9.78 Å². The zero-order valence-corrected chi connectivity index (χ0v) is 23.1. The van der Waals surface area contributed by atoms with Crippen LogP contribution in [-0.4, -0.2) is 43.1 Å². The van der Waals surface area contributed by atoms with Gasteiger partial charge in [0.05, 0.1) is 24.5 Å². The Morgan fingerprint density at radius 1 is 0.900 bits per heavy atom. The van der Waals surface area contributed by atoms with Crippen LogP contribution in [0.4, 0.5) is 10.5 Å². The summed E-state index contributed by atoms with van der Waals surface area (Å²) in [5, 5.41) is 8.22. The maximum atomic E-state index is 13.6. The van der Waals surface area contributed by atoms with Crippen molar-refractivity contribution in [2.75, 3.05) is 11.8 Å². The van der Waals surface area contributed by atoms with Crippen molar-refractivity contribution in [3.63, 3.8) is 0 Å². The minimum absolute atomic E-state index is 0.192. The first-order valence-corrected chi connectivity index (χ1v) is 14.6. The van der Waals surface area contributed by atoms with E-state index in [1.807, 2.05) is 70.8 Å². The fourth-order valence-electron chi connectivity index (χ4n) is 4.02. The van der Waals surface area contributed by atoms with Crippen molar-refractivity contribution in [3.05, 3.63) is 106 Å². The first-order valence-electron chi connectivity index (χ1n) is 12.2. The van der Waals surface area contributed by atoms with Crippen molar-refractivity contribution >= 4 is 39.3 Å². The number of thiazole rings is 1. The molecule has 0 spiro atoms. The van der Waals surface area contributed by atoms with Gasteiger partial charge in [0.1, 0.15) is 11.0 Å². The van der Waals surface area contributed by atoms with Crippen molar-refractivity contribution in [2.45, 2.75) is 24.9 Å². The molecule has 10 nitrogen and oxygen atoms in total. The number of carbonyl (C=O) groups is 2. The second-order valence-corrected chi connectivity index (χ2v) is 10.9. The molecule has 1 aromatic heterocycles. The lowest BCUT2D eigenvalue weighted by molar-refractivity contribution is -0.123. The molecule has 40 heavy (non-hydrogen) atoms. The highest BCUT2D eigenvalue weighted by molar-refractivity contribution is 7.87. The summed E-state index contributed by atoms with van der Waals surface area (Å²) in [6.07, 6.45) is -0.150. The van der Waals surface area contributed by atoms with Gasteiger partial charge in [-0.15, -0.1) is 11.3 Å². The first-order chi connectivity index (χ1) is 19.2. The lowest BCUT2D eigenvalue weighted by Gasteiger charge is -2.22. The van der Waals surface area contributed by atoms with Crippen LogP contribution < -0.4 is 15.4 Å². The molecule has 208 valence electrons. The average molecular weight is 581 g/mol. The molecule has 4 rings (SSSR count). The Morgan fingerprint density at radius 2 is 1.52 bits per heavy atom. The van der Waals surface area contributed by atoms with Gasteiger partial charge in [-0.2, -0.15) is 8.42 Å². The van der Waals surface area contributed by atoms with Gasteiger partial charge in [0, 0.05) is 17.4 Å². The van der Waals surface area contributed by atoms with Crippen molar-refractivity contribution < 1.29 is 27.3 Å². The number of carbonyl (C=O) groups excluding carboxylic acids is 2. The van der Waals surface area contributed by atoms with Crippen molar-refractivity contribution in [1.82, 2.24) is 15.6 Å². The molecule has 0 aliphatic rings. The Balaban J connectivity index is 1.60. The molecular weight excluding hydrogens is 552 g/mol. The maximum absolute atomic E-state index is 13.6. The molecule has 0 fully saturated rings. The molecule has 0 bridgehead atoms. The molecule has 3 aromatic carbocycles. The minimum atomic E-state index is -4.40. The number of nitrogens with zero attached hydrogens (tertiary/aromatic N) is 1. The van der Waals surface area contributed by atoms with Crippen LogP contribution in [0.5, 0.6) is 0 Å². The summed E-state index contributed by atoms with van der Waals surface area (Å²) < 4.78 is 38.1. The Kier molecular flexibility index (Phi) is 9.48. The van der Waals surface area contributed by atoms with Crippen molar-refractivity contribution in [2.24, 2.45) is 0 Å². The number of rotatable bonds is 11. The molecular formula is C28H28N4O6S2. The molecule has 2 atom stereocenters. The fourth-order valence-corrected chi connectivity index (χ4v) is 5.33. The SMILES string of the molecule is COC(=O)NC(Cc1ccccc1)C(=O)NC(Cc1ccc(NS(=O)(=O)O)cc1)c1nc(-c2ccccc2)cs1. The van der Waals surface area contributed by atoms with Gasteiger partial charge in [0.25, 0.3) is 0 Å². The van der Waals surface area contributed by atoms with Crippen LogP contribution in [0.15, 0.2) is 90.3 Å². The summed E-state index contributed by atoms with van der Waals surface area (Å²) in [6.45, 7) is 0. The summed E-state index contributed by atoms with van der Waals surface area (Å²) in [6, 6.07) is 23.9. The van der Waals surface area contributed by atoms with Crippen LogP contribution in [0.3, 0.4) is 0 Å². The Labute approximate surface area is 236 Å². The Bertz CT molecular complexity index is 1530. The largest absolute Gasteiger partial charge is 0.453 e. The van der Waals surface area contributed by atoms with E-state index >= 15 is 0 Å². The summed E-state index contributed by atoms with van der Waals surface area (Å²) >= 11 is 1.40. The molecule has 0 radical (unpaired) electrons. The van der Waals surface area contributed by atoms with Crippen molar-refractivity contribution in [3.8, 4) is 11.3 Å². The summed E-state index contributed by atoms with van der Waals surface area (Å²) in [5.74, 6) is -0.416. The third-order valence-electron chi connectivity index (χ3n) is 5.92. The van der Waals surface area contributed by atoms with Crippen LogP contribution in [-0.2, 0) is 32.7 Å². The number of hydrogen-bond donors (Lipinski definition) is 4. The highest BCUT2D eigenvalue weighted by atomic mass is 32.2. The van der Waals surface area contributed by atoms with Crippen LogP contribution in [0.25, 0.3) is 11.3 Å². The fraction of sp³-hybridized carbons (Fsp3) is 0.179. The van der Waals surface area contributed by atoms with E-state index in [-0.39, 0.29) is 12.1 Å². The first kappa shape index (κ1) is 28.7. The maximum Gasteiger partial charge on any atom is 0.407 e. The van der Waals surface area contributed by atoms with E-state index in [2.05, 4.69) is 10.6 Å². The van der Waals surface area contributed by atoms with E-state index in [0.717, 1.165) is 22.4 Å². The number of benzene rings is 3. The summed E-state index contributed by atoms with van der Waals surface area (Å²) in [4.78, 5) is 30.4. The van der Waals surface area contributed by atoms with Gasteiger partial charge in [0.2, 0.25) is 5.91 Å². The molecule has 0 aliphatic carbocycles. The molecule has 0 saturated carbocycles. The van der Waals surface area contributed by atoms with Gasteiger partial charge in [-0.3, -0.25) is 14.1 Å². The van der Waals surface area contributed by atoms with Crippen LogP contribution in [0, 0.1) is 0 Å². The number of ether oxygens (including phenoxy) is 1. The highest BCUT2D eigenvalue weighted by Crippen LogP contribution is 2.28. The standard InChI is InChI=1S/C28H28N4O6S2/c1-38-28(34)31-23(16-19-8-4-2-5-9-19)26(33)29-24(17-20-12-14-22(15-13-20)32-40(35,36)37)27-30-25(18-39-27)21-10-6-3-7-11-21/h2-15,18,23-24,32H,16-17H2,1H3,(H,29,33)(H,31,34)(H,35,36,37). The molecule has 2 unspecified atom stereocenters. The van der Waals surface area contributed by atoms with Gasteiger partial charge >= 0.3 is 16.4 Å². The van der Waals surface area contributed by atoms with E-state index in [4.69, 9.17) is 14.3 Å². The van der Waals surface area contributed by atoms with Crippen LogP contribution in [0.1, 0.15) is 22.2 Å². The molecule has 1 heterocycles. The Morgan fingerprint density at radius 3 is 2.15 bits per heavy atom. The number of alkyl carbamates (subject to hydrolysis) is 1. The number of aromatic nitrogens is 1. The van der Waals surface area contributed by atoms with E-state index in [1.54, 1.807) is 12.1 Å². The van der Waals surface area contributed by atoms with E-state index in [0.29, 0.717) is 11.4 Å². The lowest BCUT2D eigenvalue weighted by atomic mass is 10.0. The average Bonchev–Trinajstić information content (AvgIpc) is 3.44. The second-order valence-electron chi connectivity index (χ2n) is 8.85. The number of methoxy groups -OCH3 is 1. The predicted molar refractivity (Wildman–Crippen MR) is 153 cm³/mol. The van der Waals surface area contributed by atoms with Gasteiger partial charge in [0.15, 0.2) is 0 Å². The van der Waals surface area contributed by atoms with E-state index < -0.39 is 34.4 Å². The smallest absolute Gasteiger partial charge is 0.407 e. The van der Waals surface area contributed by atoms with E-state index in [9.17, 15) is 18.0 Å². The number of anilines is 1. The van der Waals surface area contributed by atoms with Crippen LogP contribution >= 0.6 is 11.3 Å². The second kappa shape index (κ2) is 13.2. The molecule has 4 aromatic rings. The topological polar surface area (TPSA) is 147 Å². The quantitative estimate of drug-likeness (QED) is 0.192. The van der Waals surface area contributed by atoms with E-state index in [1.165, 1.54) is 30.6 Å². The monoisotopic (exact) mass is 580 g/mol. The third kappa shape index (κ3) is 8.37. The molecule has 0 aliphatic heterocycles. The lowest BCUT2D eigenvalue weighted by Crippen LogP contribution is -2.49. The van der Waals surface area contributed by atoms with Crippen molar-refractivity contribution in [1.29, 1.82) is 0 Å². The zero-order valence-electron chi connectivity index (χ0n) is 21.5. The minimum Gasteiger partial charge on any atom is -0.453 e. The number of amides is 2. The van der Waals surface area contributed by atoms with Gasteiger partial charge < -0.3 is 15.4 Å². The normalized spacial score (nSPS) is 12.7. The highest BCUT2D eigenvalue weighted by Gasteiger charge is 2.26. The predicted octanol–water partition coefficient (Wildman–Crippen LogP) is 4.39. The molecule has 4 N–H and O–H groups in total. The van der Waals surface area contributed by atoms with Crippen LogP contribution in [0.2, 0.25) is 0 Å². The summed E-state index contributed by atoms with van der Waals surface area (Å²) in [5.41, 5.74) is 3.53.